The molecule has 0 bridgehead atoms. The summed E-state index contributed by atoms with van der Waals surface area (Å²) >= 11 is -4.86. The second-order valence-corrected chi connectivity index (χ2v) is 1.04. The predicted octanol–water partition coefficient (Wildman–Crippen LogP) is -2.04. The molecule has 0 aromatic heterocycles. The average Bonchev–Trinajstić information content (AvgIpc) is 0.811. The molecular formula is H8F3MoO4. The number of hydrogen-bond donors (Lipinski definition) is 0. The Balaban J connectivity index is -0.00000000750. The topological polar surface area (TPSA) is 126 Å². The zero-order valence-corrected chi connectivity index (χ0v) is 5.55. The molecule has 59 valence electrons. The Bertz CT molecular complexity index is 16.0. The molecule has 0 rings (SSSR count). The Morgan fingerprint density at radius 1 is 0.625 bits per heavy atom. The average molecular weight is 225 g/mol. The molecule has 8 heavy (non-hydrogen) atoms. The molecular weight excluding hydrogens is 217 g/mol. The van der Waals surface area contributed by atoms with Crippen molar-refractivity contribution in [3.05, 3.63) is 0 Å². The zero-order valence-electron chi connectivity index (χ0n) is 3.54. The molecule has 0 fully saturated rings. The van der Waals surface area contributed by atoms with Crippen molar-refractivity contribution in [3.8, 4) is 0 Å². The van der Waals surface area contributed by atoms with Crippen molar-refractivity contribution < 1.29 is 50.3 Å². The molecule has 0 heterocycles. The quantitative estimate of drug-likeness (QED) is 0.421. The Hall–Kier alpha value is 0.318. The van der Waals surface area contributed by atoms with Gasteiger partial charge in [0.1, 0.15) is 0 Å². The van der Waals surface area contributed by atoms with E-state index in [4.69, 9.17) is 0 Å². The monoisotopic (exact) mass is 227 g/mol. The Kier molecular flexibility index (Phi) is 134. The molecule has 0 radical (unpaired) electrons. The van der Waals surface area contributed by atoms with E-state index < -0.39 is 18.9 Å². The van der Waals surface area contributed by atoms with Gasteiger partial charge < -0.3 is 21.9 Å². The van der Waals surface area contributed by atoms with E-state index in [9.17, 15) is 9.47 Å². The van der Waals surface area contributed by atoms with Crippen LogP contribution in [-0.4, -0.2) is 21.9 Å². The van der Waals surface area contributed by atoms with Gasteiger partial charge in [-0.25, -0.2) is 0 Å². The van der Waals surface area contributed by atoms with E-state index in [1.807, 2.05) is 0 Å². The summed E-state index contributed by atoms with van der Waals surface area (Å²) in [7, 11) is 0. The standard InChI is InChI=1S/3FH.Mo.4H2O/h3*1H;;4*1H2/q;;;+3;;;;/p-3. The molecule has 0 saturated carbocycles. The molecule has 0 aromatic carbocycles. The summed E-state index contributed by atoms with van der Waals surface area (Å²) in [6, 6.07) is 0. The van der Waals surface area contributed by atoms with E-state index in [2.05, 4.69) is 0 Å². The molecule has 0 spiro atoms. The fraction of sp³-hybridized carbons (Fsp3) is 0. The maximum atomic E-state index is 9.84. The molecule has 8 heteroatoms. The molecule has 0 aliphatic rings. The van der Waals surface area contributed by atoms with Crippen molar-refractivity contribution in [1.29, 1.82) is 0 Å². The summed E-state index contributed by atoms with van der Waals surface area (Å²) in [6.07, 6.45) is 0. The van der Waals surface area contributed by atoms with E-state index in [0.29, 0.717) is 0 Å². The van der Waals surface area contributed by atoms with E-state index in [-0.39, 0.29) is 21.9 Å². The Labute approximate surface area is 51.0 Å². The third-order valence-electron chi connectivity index (χ3n) is 0. The van der Waals surface area contributed by atoms with Gasteiger partial charge in [0, 0.05) is 0 Å². The van der Waals surface area contributed by atoms with Crippen LogP contribution in [0.1, 0.15) is 0 Å². The van der Waals surface area contributed by atoms with Crippen molar-refractivity contribution in [2.45, 2.75) is 0 Å². The van der Waals surface area contributed by atoms with Crippen molar-refractivity contribution in [2.75, 3.05) is 0 Å². The molecule has 0 unspecified atom stereocenters. The molecule has 0 atom stereocenters. The first kappa shape index (κ1) is 40.5. The summed E-state index contributed by atoms with van der Waals surface area (Å²) in [6.45, 7) is 0. The summed E-state index contributed by atoms with van der Waals surface area (Å²) in [5, 5.41) is 0. The SMILES string of the molecule is O.O.O.O.[F][Mo]([F])[F]. The van der Waals surface area contributed by atoms with Crippen molar-refractivity contribution >= 4 is 0 Å². The molecule has 0 amide bonds. The summed E-state index contributed by atoms with van der Waals surface area (Å²) in [4.78, 5) is 0. The minimum absolute atomic E-state index is 0. The van der Waals surface area contributed by atoms with Crippen molar-refractivity contribution in [3.63, 3.8) is 0 Å². The van der Waals surface area contributed by atoms with E-state index >= 15 is 0 Å². The molecule has 8 N–H and O–H groups in total. The first-order valence-corrected chi connectivity index (χ1v) is 2.74. The van der Waals surface area contributed by atoms with Crippen molar-refractivity contribution in [1.82, 2.24) is 0 Å². The zero-order chi connectivity index (χ0) is 3.58. The first-order valence-electron chi connectivity index (χ1n) is 0.463. The van der Waals surface area contributed by atoms with Crippen LogP contribution in [0.5, 0.6) is 0 Å². The van der Waals surface area contributed by atoms with Crippen LogP contribution in [0.25, 0.3) is 0 Å². The second-order valence-electron chi connectivity index (χ2n) is 0.175. The summed E-state index contributed by atoms with van der Waals surface area (Å²) < 4.78 is 29.5. The van der Waals surface area contributed by atoms with Crippen LogP contribution in [0.3, 0.4) is 0 Å². The summed E-state index contributed by atoms with van der Waals surface area (Å²) in [5.41, 5.74) is 0. The third-order valence-corrected chi connectivity index (χ3v) is 0. The van der Waals surface area contributed by atoms with Gasteiger partial charge >= 0.3 is 28.4 Å². The van der Waals surface area contributed by atoms with Gasteiger partial charge in [-0.2, -0.15) is 0 Å². The van der Waals surface area contributed by atoms with Crippen LogP contribution in [0.2, 0.25) is 0 Å². The van der Waals surface area contributed by atoms with Crippen molar-refractivity contribution in [2.24, 2.45) is 0 Å². The van der Waals surface area contributed by atoms with Gasteiger partial charge in [-0.05, 0) is 0 Å². The fourth-order valence-corrected chi connectivity index (χ4v) is 0. The fourth-order valence-electron chi connectivity index (χ4n) is 0. The van der Waals surface area contributed by atoms with Gasteiger partial charge in [-0.3, -0.25) is 0 Å². The van der Waals surface area contributed by atoms with Crippen LogP contribution >= 0.6 is 0 Å². The molecule has 0 saturated heterocycles. The van der Waals surface area contributed by atoms with Crippen LogP contribution in [-0.2, 0) is 18.9 Å². The van der Waals surface area contributed by atoms with E-state index in [1.54, 1.807) is 0 Å². The number of halogens is 3. The van der Waals surface area contributed by atoms with Gasteiger partial charge in [-0.15, -0.1) is 0 Å². The molecule has 4 nitrogen and oxygen atoms in total. The molecule has 0 aliphatic carbocycles. The number of rotatable bonds is 0. The summed E-state index contributed by atoms with van der Waals surface area (Å²) in [5.74, 6) is 0. The number of hydrogen-bond acceptors (Lipinski definition) is 0. The van der Waals surface area contributed by atoms with Crippen LogP contribution in [0, 0.1) is 0 Å². The van der Waals surface area contributed by atoms with Crippen LogP contribution < -0.4 is 0 Å². The van der Waals surface area contributed by atoms with Gasteiger partial charge in [0.15, 0.2) is 0 Å². The minimum atomic E-state index is -4.86. The van der Waals surface area contributed by atoms with Gasteiger partial charge in [0.2, 0.25) is 0 Å². The molecule has 0 aromatic rings. The predicted molar refractivity (Wildman–Crippen MR) is 17.8 cm³/mol. The van der Waals surface area contributed by atoms with Gasteiger partial charge in [0.05, 0.1) is 0 Å². The van der Waals surface area contributed by atoms with Crippen LogP contribution in [0.4, 0.5) is 9.47 Å². The molecule has 0 aliphatic heterocycles. The normalized spacial score (nSPS) is 4.50. The van der Waals surface area contributed by atoms with Crippen LogP contribution in [0.15, 0.2) is 0 Å². The van der Waals surface area contributed by atoms with Gasteiger partial charge in [0.25, 0.3) is 0 Å². The third kappa shape index (κ3) is 1760. The second kappa shape index (κ2) is 26.5. The maximum absolute atomic E-state index is 9.84. The van der Waals surface area contributed by atoms with Gasteiger partial charge in [-0.1, -0.05) is 0 Å². The Morgan fingerprint density at radius 3 is 0.625 bits per heavy atom. The first-order chi connectivity index (χ1) is 1.73. The van der Waals surface area contributed by atoms with E-state index in [0.717, 1.165) is 0 Å². The Morgan fingerprint density at radius 2 is 0.625 bits per heavy atom. The van der Waals surface area contributed by atoms with E-state index in [1.165, 1.54) is 0 Å².